The maximum atomic E-state index is 12.5. The summed E-state index contributed by atoms with van der Waals surface area (Å²) >= 11 is 0. The molecule has 0 unspecified atom stereocenters. The van der Waals surface area contributed by atoms with Gasteiger partial charge in [-0.25, -0.2) is 15.0 Å². The lowest BCUT2D eigenvalue weighted by atomic mass is 10.1. The van der Waals surface area contributed by atoms with E-state index in [1.54, 1.807) is 18.5 Å². The Kier molecular flexibility index (Phi) is 3.31. The molecular formula is C17H14N6O. The molecule has 1 aromatic carbocycles. The molecule has 3 aromatic heterocycles. The van der Waals surface area contributed by atoms with E-state index in [2.05, 4.69) is 25.3 Å². The topological polar surface area (TPSA) is 88.5 Å². The number of aryl methyl sites for hydroxylation is 1. The first-order valence-electron chi connectivity index (χ1n) is 7.42. The van der Waals surface area contributed by atoms with Crippen molar-refractivity contribution in [3.05, 3.63) is 66.6 Å². The Bertz CT molecular complexity index is 1030. The number of fused-ring (bicyclic) bond motifs is 1. The molecule has 0 aliphatic rings. The lowest BCUT2D eigenvalue weighted by Gasteiger charge is -2.07. The van der Waals surface area contributed by atoms with Crippen molar-refractivity contribution in [2.45, 2.75) is 6.92 Å². The number of aromatic amines is 1. The lowest BCUT2D eigenvalue weighted by Crippen LogP contribution is -2.13. The van der Waals surface area contributed by atoms with Crippen LogP contribution in [0.1, 0.15) is 16.2 Å². The monoisotopic (exact) mass is 318 g/mol. The van der Waals surface area contributed by atoms with E-state index >= 15 is 0 Å². The minimum Gasteiger partial charge on any atom is -0.360 e. The van der Waals surface area contributed by atoms with Gasteiger partial charge in [0, 0.05) is 35.6 Å². The number of rotatable bonds is 3. The van der Waals surface area contributed by atoms with Crippen LogP contribution in [0.25, 0.3) is 16.7 Å². The van der Waals surface area contributed by atoms with Crippen LogP contribution in [0.3, 0.4) is 0 Å². The summed E-state index contributed by atoms with van der Waals surface area (Å²) in [5.74, 6) is 1.67. The molecule has 2 N–H and O–H groups in total. The SMILES string of the molecule is Cc1nccn1-c1cc(NC(=O)c2c[nH]c3ccccc23)ncn1. The maximum Gasteiger partial charge on any atom is 0.258 e. The molecule has 0 fully saturated rings. The number of carbonyl (C=O) groups excluding carboxylic acids is 1. The lowest BCUT2D eigenvalue weighted by molar-refractivity contribution is 0.102. The van der Waals surface area contributed by atoms with E-state index < -0.39 is 0 Å². The molecule has 4 rings (SSSR count). The molecular weight excluding hydrogens is 304 g/mol. The molecule has 0 atom stereocenters. The molecule has 1 amide bonds. The first kappa shape index (κ1) is 14.1. The summed E-state index contributed by atoms with van der Waals surface area (Å²) in [6, 6.07) is 9.36. The van der Waals surface area contributed by atoms with Gasteiger partial charge in [0.05, 0.1) is 5.56 Å². The maximum absolute atomic E-state index is 12.5. The Morgan fingerprint density at radius 1 is 1.21 bits per heavy atom. The predicted octanol–water partition coefficient (Wildman–Crippen LogP) is 2.70. The molecule has 0 radical (unpaired) electrons. The molecule has 3 heterocycles. The molecule has 0 saturated heterocycles. The molecule has 0 aliphatic carbocycles. The Balaban J connectivity index is 1.64. The highest BCUT2D eigenvalue weighted by Gasteiger charge is 2.13. The fraction of sp³-hybridized carbons (Fsp3) is 0.0588. The molecule has 7 nitrogen and oxygen atoms in total. The molecule has 4 aromatic rings. The summed E-state index contributed by atoms with van der Waals surface area (Å²) in [5.41, 5.74) is 1.49. The number of anilines is 1. The minimum absolute atomic E-state index is 0.223. The van der Waals surface area contributed by atoms with E-state index in [0.717, 1.165) is 16.7 Å². The molecule has 7 heteroatoms. The Labute approximate surface area is 137 Å². The van der Waals surface area contributed by atoms with Crippen LogP contribution in [0.5, 0.6) is 0 Å². The summed E-state index contributed by atoms with van der Waals surface area (Å²) in [7, 11) is 0. The molecule has 0 bridgehead atoms. The molecule has 118 valence electrons. The van der Waals surface area contributed by atoms with Gasteiger partial charge in [-0.05, 0) is 13.0 Å². The number of amides is 1. The average molecular weight is 318 g/mol. The number of hydrogen-bond donors (Lipinski definition) is 2. The predicted molar refractivity (Wildman–Crippen MR) is 90.1 cm³/mol. The van der Waals surface area contributed by atoms with E-state index in [0.29, 0.717) is 17.2 Å². The van der Waals surface area contributed by atoms with Gasteiger partial charge in [-0.15, -0.1) is 0 Å². The largest absolute Gasteiger partial charge is 0.360 e. The Morgan fingerprint density at radius 3 is 2.92 bits per heavy atom. The van der Waals surface area contributed by atoms with Crippen LogP contribution in [0.4, 0.5) is 5.82 Å². The first-order valence-corrected chi connectivity index (χ1v) is 7.42. The van der Waals surface area contributed by atoms with Gasteiger partial charge in [-0.3, -0.25) is 9.36 Å². The molecule has 0 saturated carbocycles. The highest BCUT2D eigenvalue weighted by molar-refractivity contribution is 6.12. The van der Waals surface area contributed by atoms with Crippen molar-refractivity contribution in [2.75, 3.05) is 5.32 Å². The minimum atomic E-state index is -0.223. The fourth-order valence-corrected chi connectivity index (χ4v) is 2.61. The fourth-order valence-electron chi connectivity index (χ4n) is 2.61. The van der Waals surface area contributed by atoms with Gasteiger partial charge >= 0.3 is 0 Å². The second kappa shape index (κ2) is 5.62. The third kappa shape index (κ3) is 2.41. The van der Waals surface area contributed by atoms with Gasteiger partial charge in [0.25, 0.3) is 5.91 Å². The summed E-state index contributed by atoms with van der Waals surface area (Å²) in [6.07, 6.45) is 6.62. The number of aromatic nitrogens is 5. The van der Waals surface area contributed by atoms with Gasteiger partial charge in [-0.1, -0.05) is 18.2 Å². The second-order valence-corrected chi connectivity index (χ2v) is 5.31. The van der Waals surface area contributed by atoms with Crippen LogP contribution in [0, 0.1) is 6.92 Å². The number of para-hydroxylation sites is 1. The number of H-pyrrole nitrogens is 1. The Hall–Kier alpha value is -3.48. The van der Waals surface area contributed by atoms with Gasteiger partial charge in [0.1, 0.15) is 23.8 Å². The third-order valence-electron chi connectivity index (χ3n) is 3.80. The van der Waals surface area contributed by atoms with E-state index in [1.165, 1.54) is 6.33 Å². The zero-order chi connectivity index (χ0) is 16.5. The summed E-state index contributed by atoms with van der Waals surface area (Å²) < 4.78 is 1.82. The van der Waals surface area contributed by atoms with Crippen LogP contribution in [0.15, 0.2) is 55.2 Å². The van der Waals surface area contributed by atoms with Gasteiger partial charge in [-0.2, -0.15) is 0 Å². The van der Waals surface area contributed by atoms with Crippen molar-refractivity contribution in [2.24, 2.45) is 0 Å². The summed E-state index contributed by atoms with van der Waals surface area (Å²) in [4.78, 5) is 28.1. The highest BCUT2D eigenvalue weighted by atomic mass is 16.1. The van der Waals surface area contributed by atoms with Crippen LogP contribution >= 0.6 is 0 Å². The van der Waals surface area contributed by atoms with Crippen molar-refractivity contribution < 1.29 is 4.79 Å². The van der Waals surface area contributed by atoms with Crippen LogP contribution < -0.4 is 5.32 Å². The third-order valence-corrected chi connectivity index (χ3v) is 3.80. The van der Waals surface area contributed by atoms with Crippen molar-refractivity contribution in [3.8, 4) is 5.82 Å². The van der Waals surface area contributed by atoms with Crippen LogP contribution in [-0.4, -0.2) is 30.4 Å². The Morgan fingerprint density at radius 2 is 2.08 bits per heavy atom. The number of benzene rings is 1. The highest BCUT2D eigenvalue weighted by Crippen LogP contribution is 2.19. The zero-order valence-corrected chi connectivity index (χ0v) is 12.9. The van der Waals surface area contributed by atoms with E-state index in [-0.39, 0.29) is 5.91 Å². The quantitative estimate of drug-likeness (QED) is 0.608. The summed E-state index contributed by atoms with van der Waals surface area (Å²) in [5, 5.41) is 3.68. The van der Waals surface area contributed by atoms with Crippen molar-refractivity contribution in [1.82, 2.24) is 24.5 Å². The van der Waals surface area contributed by atoms with Crippen molar-refractivity contribution >= 4 is 22.6 Å². The molecule has 0 aliphatic heterocycles. The standard InChI is InChI=1S/C17H14N6O/c1-11-18-6-7-23(11)16-8-15(20-10-21-16)22-17(24)13-9-19-14-5-3-2-4-12(13)14/h2-10,19H,1H3,(H,20,21,22,24). The van der Waals surface area contributed by atoms with E-state index in [1.807, 2.05) is 42.0 Å². The normalized spacial score (nSPS) is 10.9. The van der Waals surface area contributed by atoms with Crippen molar-refractivity contribution in [1.29, 1.82) is 0 Å². The number of imidazole rings is 1. The van der Waals surface area contributed by atoms with E-state index in [4.69, 9.17) is 0 Å². The summed E-state index contributed by atoms with van der Waals surface area (Å²) in [6.45, 7) is 1.88. The smallest absolute Gasteiger partial charge is 0.258 e. The number of hydrogen-bond acceptors (Lipinski definition) is 4. The number of nitrogens with zero attached hydrogens (tertiary/aromatic N) is 4. The van der Waals surface area contributed by atoms with E-state index in [9.17, 15) is 4.79 Å². The van der Waals surface area contributed by atoms with Crippen LogP contribution in [0.2, 0.25) is 0 Å². The zero-order valence-electron chi connectivity index (χ0n) is 12.9. The van der Waals surface area contributed by atoms with Gasteiger partial charge in [0.15, 0.2) is 0 Å². The van der Waals surface area contributed by atoms with Crippen molar-refractivity contribution in [3.63, 3.8) is 0 Å². The van der Waals surface area contributed by atoms with Crippen LogP contribution in [-0.2, 0) is 0 Å². The first-order chi connectivity index (χ1) is 11.7. The molecule has 0 spiro atoms. The second-order valence-electron chi connectivity index (χ2n) is 5.31. The van der Waals surface area contributed by atoms with Gasteiger partial charge < -0.3 is 10.3 Å². The molecule has 24 heavy (non-hydrogen) atoms. The number of nitrogens with one attached hydrogen (secondary N) is 2. The van der Waals surface area contributed by atoms with Gasteiger partial charge in [0.2, 0.25) is 0 Å². The average Bonchev–Trinajstić information content (AvgIpc) is 3.21. The number of carbonyl (C=O) groups is 1.